The standard InChI is InChI=1S/C17H30O/c1-14(13-17(2,3)4)12-16(18)15-10-8-6-5-7-9-11-15/h10,14H,5-9,11-13H2,1-4H3. The van der Waals surface area contributed by atoms with Crippen LogP contribution in [-0.4, -0.2) is 5.78 Å². The molecule has 0 aromatic rings. The van der Waals surface area contributed by atoms with Gasteiger partial charge in [0.2, 0.25) is 0 Å². The van der Waals surface area contributed by atoms with Crippen molar-refractivity contribution in [1.29, 1.82) is 0 Å². The fourth-order valence-electron chi connectivity index (χ4n) is 3.01. The van der Waals surface area contributed by atoms with Crippen molar-refractivity contribution in [2.24, 2.45) is 11.3 Å². The zero-order valence-corrected chi connectivity index (χ0v) is 12.7. The molecule has 1 atom stereocenters. The first-order chi connectivity index (χ1) is 8.38. The van der Waals surface area contributed by atoms with Crippen molar-refractivity contribution in [3.05, 3.63) is 11.6 Å². The van der Waals surface area contributed by atoms with Crippen molar-refractivity contribution in [3.8, 4) is 0 Å². The van der Waals surface area contributed by atoms with E-state index in [0.717, 1.165) is 31.3 Å². The Morgan fingerprint density at radius 3 is 2.56 bits per heavy atom. The number of hydrogen-bond acceptors (Lipinski definition) is 1. The molecule has 18 heavy (non-hydrogen) atoms. The Labute approximate surface area is 113 Å². The lowest BCUT2D eigenvalue weighted by molar-refractivity contribution is -0.116. The average molecular weight is 250 g/mol. The lowest BCUT2D eigenvalue weighted by Gasteiger charge is -2.23. The smallest absolute Gasteiger partial charge is 0.158 e. The molecule has 1 aliphatic carbocycles. The van der Waals surface area contributed by atoms with Gasteiger partial charge in [-0.2, -0.15) is 0 Å². The molecule has 0 heterocycles. The fourth-order valence-corrected chi connectivity index (χ4v) is 3.01. The number of carbonyl (C=O) groups excluding carboxylic acids is 1. The first-order valence-electron chi connectivity index (χ1n) is 7.61. The van der Waals surface area contributed by atoms with E-state index in [9.17, 15) is 4.79 Å². The highest BCUT2D eigenvalue weighted by atomic mass is 16.1. The van der Waals surface area contributed by atoms with E-state index >= 15 is 0 Å². The number of ketones is 1. The van der Waals surface area contributed by atoms with Crippen LogP contribution in [0.5, 0.6) is 0 Å². The Balaban J connectivity index is 2.47. The maximum absolute atomic E-state index is 12.3. The average Bonchev–Trinajstić information content (AvgIpc) is 2.12. The normalized spacial score (nSPS) is 19.7. The SMILES string of the molecule is CC(CC(=O)C1=CCCCCCC1)CC(C)(C)C. The van der Waals surface area contributed by atoms with E-state index in [-0.39, 0.29) is 0 Å². The van der Waals surface area contributed by atoms with Gasteiger partial charge in [-0.1, -0.05) is 46.6 Å². The summed E-state index contributed by atoms with van der Waals surface area (Å²) >= 11 is 0. The molecule has 1 nitrogen and oxygen atoms in total. The molecule has 0 fully saturated rings. The summed E-state index contributed by atoms with van der Waals surface area (Å²) in [4.78, 5) is 12.3. The molecule has 104 valence electrons. The summed E-state index contributed by atoms with van der Waals surface area (Å²) < 4.78 is 0. The van der Waals surface area contributed by atoms with E-state index in [1.54, 1.807) is 0 Å². The molecule has 0 aliphatic heterocycles. The number of allylic oxidation sites excluding steroid dienone is 2. The van der Waals surface area contributed by atoms with E-state index < -0.39 is 0 Å². The van der Waals surface area contributed by atoms with Crippen molar-refractivity contribution >= 4 is 5.78 Å². The summed E-state index contributed by atoms with van der Waals surface area (Å²) in [6, 6.07) is 0. The van der Waals surface area contributed by atoms with Crippen LogP contribution in [0.2, 0.25) is 0 Å². The van der Waals surface area contributed by atoms with Crippen LogP contribution in [0, 0.1) is 11.3 Å². The molecule has 0 N–H and O–H groups in total. The molecule has 0 radical (unpaired) electrons. The van der Waals surface area contributed by atoms with Gasteiger partial charge in [0, 0.05) is 6.42 Å². The van der Waals surface area contributed by atoms with Crippen LogP contribution in [0.1, 0.15) is 79.1 Å². The van der Waals surface area contributed by atoms with Gasteiger partial charge in [0.15, 0.2) is 5.78 Å². The highest BCUT2D eigenvalue weighted by Gasteiger charge is 2.19. The van der Waals surface area contributed by atoms with Gasteiger partial charge >= 0.3 is 0 Å². The second kappa shape index (κ2) is 7.11. The Morgan fingerprint density at radius 2 is 1.89 bits per heavy atom. The van der Waals surface area contributed by atoms with Crippen LogP contribution in [0.25, 0.3) is 0 Å². The fraction of sp³-hybridized carbons (Fsp3) is 0.824. The Kier molecular flexibility index (Phi) is 6.11. The van der Waals surface area contributed by atoms with E-state index in [4.69, 9.17) is 0 Å². The molecule has 1 unspecified atom stereocenters. The van der Waals surface area contributed by atoms with Gasteiger partial charge in [0.1, 0.15) is 0 Å². The van der Waals surface area contributed by atoms with Crippen LogP contribution in [0.15, 0.2) is 11.6 Å². The minimum Gasteiger partial charge on any atom is -0.295 e. The molecule has 0 spiro atoms. The van der Waals surface area contributed by atoms with Crippen molar-refractivity contribution in [2.75, 3.05) is 0 Å². The van der Waals surface area contributed by atoms with Gasteiger partial charge in [-0.05, 0) is 49.0 Å². The van der Waals surface area contributed by atoms with E-state index in [0.29, 0.717) is 17.1 Å². The van der Waals surface area contributed by atoms with Crippen LogP contribution in [0.4, 0.5) is 0 Å². The summed E-state index contributed by atoms with van der Waals surface area (Å²) in [6.45, 7) is 8.97. The molecule has 1 aliphatic rings. The molecule has 0 saturated heterocycles. The third kappa shape index (κ3) is 6.37. The minimum atomic E-state index is 0.328. The number of hydrogen-bond donors (Lipinski definition) is 0. The molecule has 1 rings (SSSR count). The lowest BCUT2D eigenvalue weighted by Crippen LogP contribution is -2.15. The predicted octanol–water partition coefficient (Wildman–Crippen LogP) is 5.30. The third-order valence-corrected chi connectivity index (χ3v) is 3.64. The van der Waals surface area contributed by atoms with Gasteiger partial charge in [0.25, 0.3) is 0 Å². The summed E-state index contributed by atoms with van der Waals surface area (Å²) in [5.74, 6) is 0.914. The zero-order chi connectivity index (χ0) is 13.6. The third-order valence-electron chi connectivity index (χ3n) is 3.64. The quantitative estimate of drug-likeness (QED) is 0.662. The summed E-state index contributed by atoms with van der Waals surface area (Å²) in [7, 11) is 0. The molecule has 1 heteroatoms. The van der Waals surface area contributed by atoms with E-state index in [1.165, 1.54) is 25.7 Å². The minimum absolute atomic E-state index is 0.328. The van der Waals surface area contributed by atoms with Crippen molar-refractivity contribution in [3.63, 3.8) is 0 Å². The highest BCUT2D eigenvalue weighted by molar-refractivity contribution is 5.95. The summed E-state index contributed by atoms with van der Waals surface area (Å²) in [6.07, 6.45) is 11.3. The first-order valence-corrected chi connectivity index (χ1v) is 7.61. The largest absolute Gasteiger partial charge is 0.295 e. The first kappa shape index (κ1) is 15.5. The molecule has 0 saturated carbocycles. The molecule has 0 bridgehead atoms. The summed E-state index contributed by atoms with van der Waals surface area (Å²) in [5, 5.41) is 0. The predicted molar refractivity (Wildman–Crippen MR) is 78.6 cm³/mol. The molecular weight excluding hydrogens is 220 g/mol. The van der Waals surface area contributed by atoms with Crippen LogP contribution < -0.4 is 0 Å². The maximum Gasteiger partial charge on any atom is 0.158 e. The topological polar surface area (TPSA) is 17.1 Å². The van der Waals surface area contributed by atoms with Crippen molar-refractivity contribution in [2.45, 2.75) is 79.1 Å². The number of Topliss-reactive ketones (excluding diaryl/α,β-unsaturated/α-hetero) is 1. The maximum atomic E-state index is 12.3. The number of carbonyl (C=O) groups is 1. The second-order valence-electron chi connectivity index (χ2n) is 7.18. The van der Waals surface area contributed by atoms with Crippen molar-refractivity contribution < 1.29 is 4.79 Å². The van der Waals surface area contributed by atoms with Crippen LogP contribution in [-0.2, 0) is 4.79 Å². The molecular formula is C17H30O. The van der Waals surface area contributed by atoms with Crippen LogP contribution in [0.3, 0.4) is 0 Å². The van der Waals surface area contributed by atoms with E-state index in [2.05, 4.69) is 33.8 Å². The molecule has 0 aromatic heterocycles. The Bertz CT molecular complexity index is 293. The van der Waals surface area contributed by atoms with Crippen molar-refractivity contribution in [1.82, 2.24) is 0 Å². The molecule has 0 aromatic carbocycles. The van der Waals surface area contributed by atoms with Crippen LogP contribution >= 0.6 is 0 Å². The van der Waals surface area contributed by atoms with Gasteiger partial charge in [0.05, 0.1) is 0 Å². The zero-order valence-electron chi connectivity index (χ0n) is 12.7. The lowest BCUT2D eigenvalue weighted by atomic mass is 9.82. The highest BCUT2D eigenvalue weighted by Crippen LogP contribution is 2.28. The van der Waals surface area contributed by atoms with Gasteiger partial charge in [-0.15, -0.1) is 0 Å². The van der Waals surface area contributed by atoms with Gasteiger partial charge < -0.3 is 0 Å². The van der Waals surface area contributed by atoms with E-state index in [1.807, 2.05) is 0 Å². The summed E-state index contributed by atoms with van der Waals surface area (Å²) in [5.41, 5.74) is 1.45. The number of rotatable bonds is 4. The Morgan fingerprint density at radius 1 is 1.22 bits per heavy atom. The monoisotopic (exact) mass is 250 g/mol. The Hall–Kier alpha value is -0.590. The van der Waals surface area contributed by atoms with Gasteiger partial charge in [-0.25, -0.2) is 0 Å². The molecule has 0 amide bonds. The second-order valence-corrected chi connectivity index (χ2v) is 7.18. The van der Waals surface area contributed by atoms with Gasteiger partial charge in [-0.3, -0.25) is 4.79 Å².